The predicted molar refractivity (Wildman–Crippen MR) is 173 cm³/mol. The van der Waals surface area contributed by atoms with Crippen molar-refractivity contribution in [3.63, 3.8) is 0 Å². The van der Waals surface area contributed by atoms with Crippen molar-refractivity contribution >= 4 is 22.6 Å². The molecule has 0 bridgehead atoms. The van der Waals surface area contributed by atoms with E-state index in [1.807, 2.05) is 25.1 Å². The molecular formula is C35H31ClF3N7O3. The summed E-state index contributed by atoms with van der Waals surface area (Å²) in [5.74, 6) is 0.288. The molecule has 0 amide bonds. The number of hydrogen-bond donors (Lipinski definition) is 1. The van der Waals surface area contributed by atoms with Gasteiger partial charge in [-0.15, -0.1) is 10.2 Å². The minimum absolute atomic E-state index is 0.0387. The zero-order valence-corrected chi connectivity index (χ0v) is 27.2. The molecule has 0 saturated carbocycles. The van der Waals surface area contributed by atoms with Crippen LogP contribution in [0.4, 0.5) is 13.2 Å². The van der Waals surface area contributed by atoms with Gasteiger partial charge < -0.3 is 23.8 Å². The number of piperidine rings is 1. The highest BCUT2D eigenvalue weighted by Gasteiger charge is 2.42. The summed E-state index contributed by atoms with van der Waals surface area (Å²) in [5, 5.41) is 16.6. The molecule has 0 radical (unpaired) electrons. The Balaban J connectivity index is 0.996. The van der Waals surface area contributed by atoms with Gasteiger partial charge in [0.25, 0.3) is 5.79 Å². The third-order valence-corrected chi connectivity index (χ3v) is 9.94. The van der Waals surface area contributed by atoms with Crippen molar-refractivity contribution < 1.29 is 27.4 Å². The van der Waals surface area contributed by atoms with E-state index in [1.165, 1.54) is 0 Å². The van der Waals surface area contributed by atoms with E-state index in [9.17, 15) is 18.4 Å². The summed E-state index contributed by atoms with van der Waals surface area (Å²) in [6, 6.07) is 18.5. The molecule has 2 saturated heterocycles. The molecule has 2 aromatic heterocycles. The Morgan fingerprint density at radius 3 is 2.57 bits per heavy atom. The van der Waals surface area contributed by atoms with Gasteiger partial charge in [0.05, 0.1) is 52.4 Å². The Kier molecular flexibility index (Phi) is 7.77. The van der Waals surface area contributed by atoms with Gasteiger partial charge in [0.1, 0.15) is 5.82 Å². The fourth-order valence-corrected chi connectivity index (χ4v) is 7.29. The quantitative estimate of drug-likeness (QED) is 0.191. The number of aromatic amines is 1. The number of rotatable bonds is 7. The maximum absolute atomic E-state index is 13.1. The number of aromatic nitrogens is 5. The smallest absolute Gasteiger partial charge is 0.444 e. The Labute approximate surface area is 284 Å². The van der Waals surface area contributed by atoms with Gasteiger partial charge >= 0.3 is 6.18 Å². The van der Waals surface area contributed by atoms with Crippen LogP contribution < -0.4 is 9.47 Å². The number of nitrogens with one attached hydrogen (secondary N) is 1. The first kappa shape index (κ1) is 31.6. The molecule has 1 N–H and O–H groups in total. The van der Waals surface area contributed by atoms with Crippen molar-refractivity contribution in [3.05, 3.63) is 88.0 Å². The lowest BCUT2D eigenvalue weighted by Crippen LogP contribution is -2.35. The Hall–Kier alpha value is -4.64. The SMILES string of the molecule is CC1(c2ccc(C#N)cc2Cl)Oc2cccc(C3CCN(Cc4nc5cc(-c6nnc(C(F)(F)F)[nH]6)ccc5n4CC4CCO4)CC3)c2O1. The zero-order valence-electron chi connectivity index (χ0n) is 26.4. The average Bonchev–Trinajstić information content (AvgIpc) is 3.78. The number of halogens is 4. The maximum atomic E-state index is 13.1. The third-order valence-electron chi connectivity index (χ3n) is 9.63. The van der Waals surface area contributed by atoms with E-state index < -0.39 is 17.8 Å². The minimum atomic E-state index is -4.61. The molecule has 3 aliphatic rings. The second kappa shape index (κ2) is 12.0. The number of H-pyrrole nitrogens is 1. The van der Waals surface area contributed by atoms with Crippen molar-refractivity contribution in [2.45, 2.75) is 63.3 Å². The molecule has 49 heavy (non-hydrogen) atoms. The lowest BCUT2D eigenvalue weighted by atomic mass is 9.88. The largest absolute Gasteiger partial charge is 0.451 e. The number of imidazole rings is 1. The van der Waals surface area contributed by atoms with Crippen molar-refractivity contribution in [1.82, 2.24) is 29.6 Å². The van der Waals surface area contributed by atoms with Gasteiger partial charge in [0, 0.05) is 24.7 Å². The van der Waals surface area contributed by atoms with Crippen molar-refractivity contribution in [1.29, 1.82) is 5.26 Å². The van der Waals surface area contributed by atoms with Crippen LogP contribution in [-0.4, -0.2) is 55.4 Å². The van der Waals surface area contributed by atoms with Gasteiger partial charge in [0.15, 0.2) is 17.3 Å². The first-order chi connectivity index (χ1) is 23.6. The molecule has 14 heteroatoms. The van der Waals surface area contributed by atoms with E-state index in [0.717, 1.165) is 61.6 Å². The molecule has 2 unspecified atom stereocenters. The predicted octanol–water partition coefficient (Wildman–Crippen LogP) is 7.18. The maximum Gasteiger partial charge on any atom is 0.451 e. The van der Waals surface area contributed by atoms with Crippen LogP contribution in [0.1, 0.15) is 60.4 Å². The molecule has 3 aliphatic heterocycles. The van der Waals surface area contributed by atoms with Crippen LogP contribution in [0.25, 0.3) is 22.4 Å². The van der Waals surface area contributed by atoms with E-state index in [2.05, 4.69) is 36.8 Å². The summed E-state index contributed by atoms with van der Waals surface area (Å²) < 4.78 is 60.1. The van der Waals surface area contributed by atoms with Crippen LogP contribution in [0.5, 0.6) is 11.5 Å². The van der Waals surface area contributed by atoms with Gasteiger partial charge in [-0.2, -0.15) is 18.4 Å². The van der Waals surface area contributed by atoms with Crippen molar-refractivity contribution in [3.8, 4) is 29.0 Å². The van der Waals surface area contributed by atoms with E-state index in [0.29, 0.717) is 46.1 Å². The lowest BCUT2D eigenvalue weighted by Gasteiger charge is -2.33. The normalized spacial score (nSPS) is 21.2. The number of nitriles is 1. The number of hydrogen-bond acceptors (Lipinski definition) is 8. The number of nitrogens with zero attached hydrogens (tertiary/aromatic N) is 6. The summed E-state index contributed by atoms with van der Waals surface area (Å²) in [5.41, 5.74) is 4.25. The molecule has 10 nitrogen and oxygen atoms in total. The molecule has 5 heterocycles. The average molecular weight is 690 g/mol. The molecule has 0 aliphatic carbocycles. The van der Waals surface area contributed by atoms with E-state index in [-0.39, 0.29) is 17.8 Å². The fourth-order valence-electron chi connectivity index (χ4n) is 6.94. The number of para-hydroxylation sites is 1. The lowest BCUT2D eigenvalue weighted by molar-refractivity contribution is -0.144. The van der Waals surface area contributed by atoms with Gasteiger partial charge in [-0.3, -0.25) is 4.90 Å². The molecule has 3 aromatic carbocycles. The van der Waals surface area contributed by atoms with E-state index in [4.69, 9.17) is 30.8 Å². The van der Waals surface area contributed by atoms with E-state index >= 15 is 0 Å². The number of ether oxygens (including phenoxy) is 3. The number of fused-ring (bicyclic) bond motifs is 2. The Morgan fingerprint density at radius 1 is 1.06 bits per heavy atom. The first-order valence-corrected chi connectivity index (χ1v) is 16.5. The van der Waals surface area contributed by atoms with Crippen LogP contribution in [0.3, 0.4) is 0 Å². The standard InChI is InChI=1S/C35H31ClF3N7O3/c1-34(25-7-5-20(17-40)15-26(25)36)48-29-4-2-3-24(31(29)49-34)21-9-12-45(13-10-21)19-30-41-27-16-22(32-42-33(44-43-32)35(37,38)39)6-8-28(27)46(30)18-23-11-14-47-23/h2-8,15-16,21,23H,9-14,18-19H2,1H3,(H,42,43,44). The fraction of sp³-hybridized carbons (Fsp3) is 0.371. The molecule has 2 fully saturated rings. The van der Waals surface area contributed by atoms with Crippen molar-refractivity contribution in [2.24, 2.45) is 0 Å². The highest BCUT2D eigenvalue weighted by Crippen LogP contribution is 2.50. The van der Waals surface area contributed by atoms with Crippen LogP contribution in [0.15, 0.2) is 54.6 Å². The number of alkyl halides is 3. The molecular weight excluding hydrogens is 659 g/mol. The van der Waals surface area contributed by atoms with Crippen LogP contribution in [0.2, 0.25) is 5.02 Å². The van der Waals surface area contributed by atoms with Gasteiger partial charge in [-0.1, -0.05) is 23.7 Å². The number of benzene rings is 3. The van der Waals surface area contributed by atoms with Gasteiger partial charge in [-0.25, -0.2) is 4.98 Å². The van der Waals surface area contributed by atoms with Crippen LogP contribution >= 0.6 is 11.6 Å². The minimum Gasteiger partial charge on any atom is -0.444 e. The van der Waals surface area contributed by atoms with E-state index in [1.54, 1.807) is 30.3 Å². The molecule has 2 atom stereocenters. The molecule has 0 spiro atoms. The Morgan fingerprint density at radius 2 is 1.88 bits per heavy atom. The molecule has 8 rings (SSSR count). The summed E-state index contributed by atoms with van der Waals surface area (Å²) in [6.07, 6.45) is -1.75. The third kappa shape index (κ3) is 5.88. The summed E-state index contributed by atoms with van der Waals surface area (Å²) in [4.78, 5) is 9.62. The molecule has 5 aromatic rings. The topological polar surface area (TPSA) is 114 Å². The van der Waals surface area contributed by atoms with Crippen LogP contribution in [0, 0.1) is 11.3 Å². The van der Waals surface area contributed by atoms with Gasteiger partial charge in [-0.05, 0) is 80.7 Å². The second-order valence-corrected chi connectivity index (χ2v) is 13.2. The highest BCUT2D eigenvalue weighted by molar-refractivity contribution is 6.31. The summed E-state index contributed by atoms with van der Waals surface area (Å²) in [7, 11) is 0. The zero-order chi connectivity index (χ0) is 33.9. The molecule has 252 valence electrons. The monoisotopic (exact) mass is 689 g/mol. The highest BCUT2D eigenvalue weighted by atomic mass is 35.5. The number of likely N-dealkylation sites (tertiary alicyclic amines) is 1. The Bertz CT molecular complexity index is 2100. The van der Waals surface area contributed by atoms with Crippen molar-refractivity contribution in [2.75, 3.05) is 19.7 Å². The first-order valence-electron chi connectivity index (χ1n) is 16.1. The second-order valence-electron chi connectivity index (χ2n) is 12.8. The summed E-state index contributed by atoms with van der Waals surface area (Å²) >= 11 is 6.55. The van der Waals surface area contributed by atoms with Crippen LogP contribution in [-0.2, 0) is 29.8 Å². The summed E-state index contributed by atoms with van der Waals surface area (Å²) in [6.45, 7) is 5.50. The van der Waals surface area contributed by atoms with Gasteiger partial charge in [0.2, 0.25) is 5.82 Å².